The van der Waals surface area contributed by atoms with E-state index in [2.05, 4.69) is 10.6 Å². The lowest BCUT2D eigenvalue weighted by molar-refractivity contribution is 0.250. The van der Waals surface area contributed by atoms with Crippen molar-refractivity contribution in [3.8, 4) is 0 Å². The van der Waals surface area contributed by atoms with Crippen LogP contribution in [-0.2, 0) is 0 Å². The van der Waals surface area contributed by atoms with Gasteiger partial charge in [-0.25, -0.2) is 0 Å². The average Bonchev–Trinajstić information content (AvgIpc) is 2.75. The Morgan fingerprint density at radius 1 is 1.33 bits per heavy atom. The highest BCUT2D eigenvalue weighted by atomic mass is 16.3. The number of hydrogen-bond acceptors (Lipinski definition) is 3. The molecule has 0 radical (unpaired) electrons. The van der Waals surface area contributed by atoms with Gasteiger partial charge in [0.15, 0.2) is 0 Å². The summed E-state index contributed by atoms with van der Waals surface area (Å²) in [6.45, 7) is 2.57. The summed E-state index contributed by atoms with van der Waals surface area (Å²) in [5.41, 5.74) is 0. The number of aliphatic hydroxyl groups excluding tert-OH is 1. The minimum absolute atomic E-state index is 0.295. The van der Waals surface area contributed by atoms with Crippen molar-refractivity contribution in [1.82, 2.24) is 10.6 Å². The SMILES string of the molecule is OCC1CC(C2CCCN2)CN1. The molecule has 0 spiro atoms. The molecular formula is C9H18N2O. The maximum atomic E-state index is 8.94. The van der Waals surface area contributed by atoms with Crippen LogP contribution in [0.4, 0.5) is 0 Å². The molecule has 3 atom stereocenters. The number of aliphatic hydroxyl groups is 1. The molecule has 0 aromatic carbocycles. The zero-order valence-corrected chi connectivity index (χ0v) is 7.42. The lowest BCUT2D eigenvalue weighted by Gasteiger charge is -2.17. The predicted molar refractivity (Wildman–Crippen MR) is 48.0 cm³/mol. The molecule has 0 aliphatic carbocycles. The molecule has 70 valence electrons. The van der Waals surface area contributed by atoms with Gasteiger partial charge in [-0.2, -0.15) is 0 Å². The zero-order chi connectivity index (χ0) is 8.39. The molecule has 2 aliphatic heterocycles. The molecule has 12 heavy (non-hydrogen) atoms. The summed E-state index contributed by atoms with van der Waals surface area (Å²) in [6.07, 6.45) is 3.80. The van der Waals surface area contributed by atoms with E-state index in [1.54, 1.807) is 0 Å². The van der Waals surface area contributed by atoms with E-state index in [0.29, 0.717) is 18.7 Å². The van der Waals surface area contributed by atoms with Gasteiger partial charge in [0, 0.05) is 12.1 Å². The van der Waals surface area contributed by atoms with Gasteiger partial charge in [0.1, 0.15) is 0 Å². The quantitative estimate of drug-likeness (QED) is 0.533. The van der Waals surface area contributed by atoms with E-state index in [4.69, 9.17) is 5.11 Å². The van der Waals surface area contributed by atoms with Crippen molar-refractivity contribution in [1.29, 1.82) is 0 Å². The molecule has 0 bridgehead atoms. The van der Waals surface area contributed by atoms with Gasteiger partial charge in [0.05, 0.1) is 6.61 Å². The van der Waals surface area contributed by atoms with Crippen molar-refractivity contribution in [3.63, 3.8) is 0 Å². The molecule has 3 N–H and O–H groups in total. The van der Waals surface area contributed by atoms with Crippen LogP contribution in [0.25, 0.3) is 0 Å². The minimum atomic E-state index is 0.295. The Kier molecular flexibility index (Phi) is 2.63. The van der Waals surface area contributed by atoms with Gasteiger partial charge >= 0.3 is 0 Å². The molecule has 3 heteroatoms. The van der Waals surface area contributed by atoms with Gasteiger partial charge in [0.2, 0.25) is 0 Å². The molecule has 3 unspecified atom stereocenters. The third kappa shape index (κ3) is 1.63. The fourth-order valence-corrected chi connectivity index (χ4v) is 2.41. The summed E-state index contributed by atoms with van der Waals surface area (Å²) in [6, 6.07) is 1.08. The van der Waals surface area contributed by atoms with Crippen molar-refractivity contribution in [2.24, 2.45) is 5.92 Å². The van der Waals surface area contributed by atoms with Crippen LogP contribution in [0.15, 0.2) is 0 Å². The van der Waals surface area contributed by atoms with Crippen LogP contribution in [0.2, 0.25) is 0 Å². The second-order valence-corrected chi connectivity index (χ2v) is 3.99. The van der Waals surface area contributed by atoms with Crippen molar-refractivity contribution >= 4 is 0 Å². The zero-order valence-electron chi connectivity index (χ0n) is 7.42. The van der Waals surface area contributed by atoms with E-state index >= 15 is 0 Å². The summed E-state index contributed by atoms with van der Waals surface area (Å²) < 4.78 is 0. The molecule has 0 saturated carbocycles. The van der Waals surface area contributed by atoms with Gasteiger partial charge in [-0.05, 0) is 38.3 Å². The van der Waals surface area contributed by atoms with Crippen molar-refractivity contribution in [2.75, 3.05) is 19.7 Å². The van der Waals surface area contributed by atoms with E-state index in [1.807, 2.05) is 0 Å². The molecule has 3 nitrogen and oxygen atoms in total. The summed E-state index contributed by atoms with van der Waals surface area (Å²) in [5, 5.41) is 15.8. The fourth-order valence-electron chi connectivity index (χ4n) is 2.41. The third-order valence-electron chi connectivity index (χ3n) is 3.14. The number of nitrogens with one attached hydrogen (secondary N) is 2. The third-order valence-corrected chi connectivity index (χ3v) is 3.14. The first kappa shape index (κ1) is 8.48. The lowest BCUT2D eigenvalue weighted by atomic mass is 9.96. The Labute approximate surface area is 73.5 Å². The van der Waals surface area contributed by atoms with E-state index in [9.17, 15) is 0 Å². The second-order valence-electron chi connectivity index (χ2n) is 3.99. The van der Waals surface area contributed by atoms with E-state index in [-0.39, 0.29) is 0 Å². The molecule has 2 aliphatic rings. The topological polar surface area (TPSA) is 44.3 Å². The number of hydrogen-bond donors (Lipinski definition) is 3. The molecule has 2 fully saturated rings. The van der Waals surface area contributed by atoms with Gasteiger partial charge in [-0.1, -0.05) is 0 Å². The first-order valence-corrected chi connectivity index (χ1v) is 4.98. The Balaban J connectivity index is 1.81. The van der Waals surface area contributed by atoms with E-state index in [0.717, 1.165) is 18.9 Å². The summed E-state index contributed by atoms with van der Waals surface area (Å²) in [5.74, 6) is 0.754. The molecule has 2 heterocycles. The first-order chi connectivity index (χ1) is 5.90. The summed E-state index contributed by atoms with van der Waals surface area (Å²) in [4.78, 5) is 0. The molecule has 0 amide bonds. The minimum Gasteiger partial charge on any atom is -0.395 e. The highest BCUT2D eigenvalue weighted by molar-refractivity contribution is 4.90. The Morgan fingerprint density at radius 3 is 2.83 bits per heavy atom. The van der Waals surface area contributed by atoms with Crippen molar-refractivity contribution in [2.45, 2.75) is 31.3 Å². The van der Waals surface area contributed by atoms with Crippen LogP contribution in [-0.4, -0.2) is 36.9 Å². The second kappa shape index (κ2) is 3.73. The Morgan fingerprint density at radius 2 is 2.25 bits per heavy atom. The van der Waals surface area contributed by atoms with Crippen molar-refractivity contribution < 1.29 is 5.11 Å². The average molecular weight is 170 g/mol. The van der Waals surface area contributed by atoms with Gasteiger partial charge in [-0.3, -0.25) is 0 Å². The first-order valence-electron chi connectivity index (χ1n) is 4.98. The van der Waals surface area contributed by atoms with Crippen LogP contribution in [0.5, 0.6) is 0 Å². The van der Waals surface area contributed by atoms with Gasteiger partial charge < -0.3 is 15.7 Å². The smallest absolute Gasteiger partial charge is 0.0584 e. The monoisotopic (exact) mass is 170 g/mol. The van der Waals surface area contributed by atoms with Crippen LogP contribution < -0.4 is 10.6 Å². The van der Waals surface area contributed by atoms with Crippen LogP contribution in [0, 0.1) is 5.92 Å². The van der Waals surface area contributed by atoms with E-state index < -0.39 is 0 Å². The molecule has 0 aromatic heterocycles. The molecule has 0 aromatic rings. The van der Waals surface area contributed by atoms with Gasteiger partial charge in [-0.15, -0.1) is 0 Å². The van der Waals surface area contributed by atoms with Gasteiger partial charge in [0.25, 0.3) is 0 Å². The molecule has 2 saturated heterocycles. The van der Waals surface area contributed by atoms with Crippen molar-refractivity contribution in [3.05, 3.63) is 0 Å². The van der Waals surface area contributed by atoms with Crippen LogP contribution in [0.1, 0.15) is 19.3 Å². The largest absolute Gasteiger partial charge is 0.395 e. The Hall–Kier alpha value is -0.120. The van der Waals surface area contributed by atoms with Crippen LogP contribution in [0.3, 0.4) is 0 Å². The van der Waals surface area contributed by atoms with E-state index in [1.165, 1.54) is 19.4 Å². The maximum absolute atomic E-state index is 8.94. The molecular weight excluding hydrogens is 152 g/mol. The van der Waals surface area contributed by atoms with Crippen LogP contribution >= 0.6 is 0 Å². The fraction of sp³-hybridized carbons (Fsp3) is 1.00. The maximum Gasteiger partial charge on any atom is 0.0584 e. The highest BCUT2D eigenvalue weighted by Gasteiger charge is 2.31. The molecule has 2 rings (SSSR count). The lowest BCUT2D eigenvalue weighted by Crippen LogP contribution is -2.31. The highest BCUT2D eigenvalue weighted by Crippen LogP contribution is 2.22. The number of rotatable bonds is 2. The summed E-state index contributed by atoms with van der Waals surface area (Å²) in [7, 11) is 0. The normalized spacial score (nSPS) is 42.2. The standard InChI is InChI=1S/C9H18N2O/c12-6-8-4-7(5-11-8)9-2-1-3-10-9/h7-12H,1-6H2. The predicted octanol–water partition coefficient (Wildman–Crippen LogP) is -0.291. The summed E-state index contributed by atoms with van der Waals surface area (Å²) >= 11 is 0. The Bertz CT molecular complexity index is 145.